The number of nitrogens with one attached hydrogen (secondary N) is 2. The average Bonchev–Trinajstić information content (AvgIpc) is 2.90. The minimum Gasteiger partial charge on any atom is -0.350 e. The molecule has 3 rings (SSSR count). The maximum absolute atomic E-state index is 13.7. The van der Waals surface area contributed by atoms with Crippen molar-refractivity contribution < 1.29 is 24.0 Å². The van der Waals surface area contributed by atoms with Crippen LogP contribution in [-0.2, 0) is 30.5 Å². The van der Waals surface area contributed by atoms with Gasteiger partial charge in [-0.2, -0.15) is 0 Å². The predicted octanol–water partition coefficient (Wildman–Crippen LogP) is 4.26. The molecule has 1 aromatic carbocycles. The second-order valence-corrected chi connectivity index (χ2v) is 10.4. The number of carbonyl (C=O) groups excluding carboxylic acids is 3. The van der Waals surface area contributed by atoms with E-state index in [9.17, 15) is 14.4 Å². The molecule has 3 atom stereocenters. The molecule has 0 saturated carbocycles. The Morgan fingerprint density at radius 1 is 1.08 bits per heavy atom. The van der Waals surface area contributed by atoms with Crippen LogP contribution < -0.4 is 10.8 Å². The lowest BCUT2D eigenvalue weighted by Crippen LogP contribution is -2.52. The first-order valence-corrected chi connectivity index (χ1v) is 13.8. The van der Waals surface area contributed by atoms with Crippen molar-refractivity contribution in [3.63, 3.8) is 0 Å². The molecule has 2 heterocycles. The summed E-state index contributed by atoms with van der Waals surface area (Å²) in [6.45, 7) is 5.60. The summed E-state index contributed by atoms with van der Waals surface area (Å²) in [6.07, 6.45) is 10.5. The van der Waals surface area contributed by atoms with E-state index in [1.165, 1.54) is 0 Å². The summed E-state index contributed by atoms with van der Waals surface area (Å²) in [6, 6.07) is 9.25. The van der Waals surface area contributed by atoms with Crippen LogP contribution in [0.25, 0.3) is 0 Å². The summed E-state index contributed by atoms with van der Waals surface area (Å²) >= 11 is 0. The van der Waals surface area contributed by atoms with Crippen molar-refractivity contribution in [2.45, 2.75) is 90.5 Å². The number of allylic oxidation sites excluding steroid dienone is 2. The van der Waals surface area contributed by atoms with Gasteiger partial charge < -0.3 is 15.0 Å². The number of benzene rings is 1. The van der Waals surface area contributed by atoms with Crippen LogP contribution in [0.5, 0.6) is 0 Å². The van der Waals surface area contributed by atoms with E-state index in [1.807, 2.05) is 49.1 Å². The highest BCUT2D eigenvalue weighted by Crippen LogP contribution is 2.19. The maximum atomic E-state index is 13.7. The second kappa shape index (κ2) is 15.5. The Bertz CT molecular complexity index is 883. The molecule has 2 aliphatic heterocycles. The highest BCUT2D eigenvalue weighted by Gasteiger charge is 2.32. The van der Waals surface area contributed by atoms with Crippen molar-refractivity contribution in [2.75, 3.05) is 13.2 Å². The van der Waals surface area contributed by atoms with Gasteiger partial charge in [0.05, 0.1) is 0 Å². The van der Waals surface area contributed by atoms with Gasteiger partial charge in [0.2, 0.25) is 17.7 Å². The molecular formula is C29H43N3O5. The zero-order valence-electron chi connectivity index (χ0n) is 22.3. The van der Waals surface area contributed by atoms with E-state index in [0.29, 0.717) is 26.1 Å². The fourth-order valence-electron chi connectivity index (χ4n) is 4.70. The van der Waals surface area contributed by atoms with Gasteiger partial charge in [-0.25, -0.2) is 10.3 Å². The molecular weight excluding hydrogens is 470 g/mol. The Balaban J connectivity index is 1.70. The molecule has 0 spiro atoms. The smallest absolute Gasteiger partial charge is 0.245 e. The summed E-state index contributed by atoms with van der Waals surface area (Å²) in [5, 5.41) is 3.00. The lowest BCUT2D eigenvalue weighted by molar-refractivity contribution is -0.200. The van der Waals surface area contributed by atoms with Gasteiger partial charge in [0.15, 0.2) is 6.29 Å². The number of amides is 3. The van der Waals surface area contributed by atoms with Gasteiger partial charge in [0.25, 0.3) is 0 Å². The van der Waals surface area contributed by atoms with Crippen LogP contribution in [0.1, 0.15) is 77.2 Å². The first kappa shape index (κ1) is 28.9. The van der Waals surface area contributed by atoms with E-state index in [1.54, 1.807) is 0 Å². The largest absolute Gasteiger partial charge is 0.350 e. The van der Waals surface area contributed by atoms with E-state index in [0.717, 1.165) is 50.5 Å². The number of hydrogen-bond donors (Lipinski definition) is 2. The molecule has 8 nitrogen and oxygen atoms in total. The Morgan fingerprint density at radius 2 is 1.84 bits per heavy atom. The first-order chi connectivity index (χ1) is 17.9. The van der Waals surface area contributed by atoms with Gasteiger partial charge in [-0.3, -0.25) is 14.4 Å². The zero-order chi connectivity index (χ0) is 26.5. The van der Waals surface area contributed by atoms with Gasteiger partial charge in [0.1, 0.15) is 6.04 Å². The van der Waals surface area contributed by atoms with Crippen molar-refractivity contribution in [1.29, 1.82) is 0 Å². The molecule has 0 bridgehead atoms. The lowest BCUT2D eigenvalue weighted by Gasteiger charge is -2.31. The van der Waals surface area contributed by atoms with Crippen LogP contribution in [0.3, 0.4) is 0 Å². The lowest BCUT2D eigenvalue weighted by atomic mass is 9.94. The monoisotopic (exact) mass is 513 g/mol. The fraction of sp³-hybridized carbons (Fsp3) is 0.621. The van der Waals surface area contributed by atoms with Crippen LogP contribution in [0.15, 0.2) is 42.5 Å². The van der Waals surface area contributed by atoms with Gasteiger partial charge in [-0.15, -0.1) is 0 Å². The normalized spacial score (nSPS) is 24.4. The summed E-state index contributed by atoms with van der Waals surface area (Å²) in [7, 11) is 0. The average molecular weight is 514 g/mol. The van der Waals surface area contributed by atoms with Gasteiger partial charge in [-0.05, 0) is 56.4 Å². The summed E-state index contributed by atoms with van der Waals surface area (Å²) in [4.78, 5) is 47.0. The number of rotatable bonds is 7. The van der Waals surface area contributed by atoms with E-state index >= 15 is 0 Å². The van der Waals surface area contributed by atoms with E-state index in [4.69, 9.17) is 9.57 Å². The van der Waals surface area contributed by atoms with Crippen LogP contribution in [-0.4, -0.2) is 48.1 Å². The highest BCUT2D eigenvalue weighted by molar-refractivity contribution is 5.90. The molecule has 2 unspecified atom stereocenters. The number of hydrogen-bond acceptors (Lipinski definition) is 5. The third-order valence-electron chi connectivity index (χ3n) is 6.89. The van der Waals surface area contributed by atoms with E-state index in [-0.39, 0.29) is 30.1 Å². The molecule has 0 aromatic heterocycles. The molecule has 1 saturated heterocycles. The van der Waals surface area contributed by atoms with Crippen molar-refractivity contribution in [1.82, 2.24) is 15.7 Å². The minimum absolute atomic E-state index is 0.00496. The molecule has 2 aliphatic rings. The maximum Gasteiger partial charge on any atom is 0.245 e. The zero-order valence-corrected chi connectivity index (χ0v) is 22.3. The van der Waals surface area contributed by atoms with Crippen molar-refractivity contribution in [3.05, 3.63) is 48.0 Å². The topological polar surface area (TPSA) is 97.0 Å². The molecule has 2 N–H and O–H groups in total. The predicted molar refractivity (Wildman–Crippen MR) is 142 cm³/mol. The molecule has 0 radical (unpaired) electrons. The molecule has 8 heteroatoms. The number of carbonyl (C=O) groups is 3. The van der Waals surface area contributed by atoms with Crippen LogP contribution in [0.4, 0.5) is 0 Å². The van der Waals surface area contributed by atoms with E-state index < -0.39 is 18.2 Å². The Labute approximate surface area is 221 Å². The molecule has 204 valence electrons. The molecule has 37 heavy (non-hydrogen) atoms. The SMILES string of the molecule is CC(C)C1NC(=O)C(CC(=O)NO[C@H]2CCCCO2)CCCC=CCCCN(Cc2ccccc2)C1=O. The Hall–Kier alpha value is -2.71. The van der Waals surface area contributed by atoms with Crippen molar-refractivity contribution in [2.24, 2.45) is 11.8 Å². The molecule has 0 aliphatic carbocycles. The first-order valence-electron chi connectivity index (χ1n) is 13.8. The number of ether oxygens (including phenoxy) is 1. The van der Waals surface area contributed by atoms with Crippen LogP contribution in [0, 0.1) is 11.8 Å². The summed E-state index contributed by atoms with van der Waals surface area (Å²) in [5.41, 5.74) is 3.52. The minimum atomic E-state index is -0.660. The van der Waals surface area contributed by atoms with Crippen molar-refractivity contribution >= 4 is 17.7 Å². The fourth-order valence-corrected chi connectivity index (χ4v) is 4.70. The molecule has 3 amide bonds. The van der Waals surface area contributed by atoms with Crippen molar-refractivity contribution in [3.8, 4) is 0 Å². The third kappa shape index (κ3) is 9.93. The molecule has 1 fully saturated rings. The quantitative estimate of drug-likeness (QED) is 0.420. The van der Waals surface area contributed by atoms with Gasteiger partial charge >= 0.3 is 0 Å². The third-order valence-corrected chi connectivity index (χ3v) is 6.89. The van der Waals surface area contributed by atoms with Gasteiger partial charge in [0, 0.05) is 38.5 Å². The van der Waals surface area contributed by atoms with Gasteiger partial charge in [-0.1, -0.05) is 56.3 Å². The molecule has 1 aromatic rings. The van der Waals surface area contributed by atoms with Crippen LogP contribution in [0.2, 0.25) is 0 Å². The number of nitrogens with zero attached hydrogens (tertiary/aromatic N) is 1. The van der Waals surface area contributed by atoms with Crippen LogP contribution >= 0.6 is 0 Å². The van der Waals surface area contributed by atoms with E-state index in [2.05, 4.69) is 22.9 Å². The number of hydroxylamine groups is 1. The Morgan fingerprint density at radius 3 is 2.54 bits per heavy atom. The standard InChI is InChI=1S/C29H43N3O5/c1-22(2)27-29(35)32(21-23-14-8-7-9-15-23)18-12-6-4-3-5-10-16-24(28(34)30-27)20-25(33)31-37-26-17-11-13-19-36-26/h3-4,7-9,14-15,22,24,26-27H,5-6,10-13,16-21H2,1-2H3,(H,30,34)(H,31,33)/t24?,26-,27?/m0/s1. The highest BCUT2D eigenvalue weighted by atomic mass is 16.8. The summed E-state index contributed by atoms with van der Waals surface area (Å²) < 4.78 is 5.49. The Kier molecular flexibility index (Phi) is 12.1. The summed E-state index contributed by atoms with van der Waals surface area (Å²) in [5.74, 6) is -1.36. The second-order valence-electron chi connectivity index (χ2n) is 10.4.